The zero-order valence-electron chi connectivity index (χ0n) is 9.10. The summed E-state index contributed by atoms with van der Waals surface area (Å²) in [6.45, 7) is 0. The van der Waals surface area contributed by atoms with Gasteiger partial charge in [-0.05, 0) is 30.9 Å². The molecule has 5 heteroatoms. The van der Waals surface area contributed by atoms with Crippen LogP contribution in [-0.4, -0.2) is 26.3 Å². The van der Waals surface area contributed by atoms with E-state index < -0.39 is 5.97 Å². The highest BCUT2D eigenvalue weighted by atomic mass is 16.4. The number of carbonyl (C=O) groups is 1. The van der Waals surface area contributed by atoms with Gasteiger partial charge < -0.3 is 5.11 Å². The van der Waals surface area contributed by atoms with Crippen molar-refractivity contribution in [2.24, 2.45) is 0 Å². The van der Waals surface area contributed by atoms with E-state index >= 15 is 0 Å². The quantitative estimate of drug-likeness (QED) is 0.779. The summed E-state index contributed by atoms with van der Waals surface area (Å²) < 4.78 is 0. The molecule has 0 aliphatic heterocycles. The Kier molecular flexibility index (Phi) is 2.18. The largest absolute Gasteiger partial charge is 0.476 e. The van der Waals surface area contributed by atoms with E-state index in [1.807, 2.05) is 12.1 Å². The van der Waals surface area contributed by atoms with Gasteiger partial charge in [0.1, 0.15) is 0 Å². The summed E-state index contributed by atoms with van der Waals surface area (Å²) in [6.07, 6.45) is 4.40. The maximum Gasteiger partial charge on any atom is 0.357 e. The highest BCUT2D eigenvalue weighted by Gasteiger charge is 2.24. The summed E-state index contributed by atoms with van der Waals surface area (Å²) in [6, 6.07) is 3.88. The van der Waals surface area contributed by atoms with Crippen LogP contribution in [0.3, 0.4) is 0 Å². The molecule has 0 aromatic carbocycles. The molecule has 17 heavy (non-hydrogen) atoms. The molecule has 0 bridgehead atoms. The Balaban J connectivity index is 2.30. The van der Waals surface area contributed by atoms with E-state index in [2.05, 4.69) is 15.2 Å². The fourth-order valence-electron chi connectivity index (χ4n) is 2.29. The number of hydrogen-bond acceptors (Lipinski definition) is 3. The van der Waals surface area contributed by atoms with Gasteiger partial charge in [-0.2, -0.15) is 5.10 Å². The van der Waals surface area contributed by atoms with Crippen LogP contribution in [0.1, 0.15) is 28.2 Å². The Morgan fingerprint density at radius 1 is 1.41 bits per heavy atom. The first-order valence-electron chi connectivity index (χ1n) is 5.52. The third-order valence-electron chi connectivity index (χ3n) is 3.04. The minimum absolute atomic E-state index is 0.0712. The Morgan fingerprint density at radius 2 is 2.29 bits per heavy atom. The fourth-order valence-corrected chi connectivity index (χ4v) is 2.29. The molecule has 0 radical (unpaired) electrons. The molecule has 3 rings (SSSR count). The van der Waals surface area contributed by atoms with Gasteiger partial charge in [-0.3, -0.25) is 10.1 Å². The SMILES string of the molecule is O=C(O)c1n[nH]c2c1-c1ncccc1CCC2. The molecule has 0 fully saturated rings. The first-order valence-corrected chi connectivity index (χ1v) is 5.52. The van der Waals surface area contributed by atoms with Crippen molar-refractivity contribution < 1.29 is 9.90 Å². The maximum atomic E-state index is 11.1. The smallest absolute Gasteiger partial charge is 0.357 e. The maximum absolute atomic E-state index is 11.1. The van der Waals surface area contributed by atoms with E-state index in [-0.39, 0.29) is 5.69 Å². The van der Waals surface area contributed by atoms with Gasteiger partial charge in [0.2, 0.25) is 0 Å². The normalized spacial score (nSPS) is 13.6. The molecule has 1 aliphatic carbocycles. The second kappa shape index (κ2) is 3.69. The van der Waals surface area contributed by atoms with Crippen molar-refractivity contribution in [2.75, 3.05) is 0 Å². The van der Waals surface area contributed by atoms with Crippen LogP contribution in [0.2, 0.25) is 0 Å². The van der Waals surface area contributed by atoms with Crippen molar-refractivity contribution in [3.8, 4) is 11.3 Å². The van der Waals surface area contributed by atoms with E-state index in [1.165, 1.54) is 0 Å². The number of aromatic nitrogens is 3. The average Bonchev–Trinajstić information content (AvgIpc) is 2.66. The predicted octanol–water partition coefficient (Wildman–Crippen LogP) is 1.66. The summed E-state index contributed by atoms with van der Waals surface area (Å²) in [4.78, 5) is 15.5. The number of carboxylic acids is 1. The molecule has 0 atom stereocenters. The molecule has 2 aromatic heterocycles. The lowest BCUT2D eigenvalue weighted by Gasteiger charge is -2.04. The predicted molar refractivity (Wildman–Crippen MR) is 60.8 cm³/mol. The molecule has 0 amide bonds. The summed E-state index contributed by atoms with van der Waals surface area (Å²) in [5, 5.41) is 15.8. The van der Waals surface area contributed by atoms with Crippen LogP contribution in [0, 0.1) is 0 Å². The van der Waals surface area contributed by atoms with Crippen molar-refractivity contribution in [2.45, 2.75) is 19.3 Å². The second-order valence-corrected chi connectivity index (χ2v) is 4.10. The average molecular weight is 229 g/mol. The lowest BCUT2D eigenvalue weighted by Crippen LogP contribution is -2.01. The summed E-state index contributed by atoms with van der Waals surface area (Å²) in [5.41, 5.74) is 3.45. The number of carboxylic acid groups (broad SMARTS) is 1. The van der Waals surface area contributed by atoms with Gasteiger partial charge in [0.15, 0.2) is 5.69 Å². The highest BCUT2D eigenvalue weighted by Crippen LogP contribution is 2.31. The topological polar surface area (TPSA) is 78.9 Å². The number of aromatic amines is 1. The standard InChI is InChI=1S/C12H11N3O2/c16-12(17)11-9-8(14-15-11)5-1-3-7-4-2-6-13-10(7)9/h2,4,6H,1,3,5H2,(H,14,15)(H,16,17). The lowest BCUT2D eigenvalue weighted by molar-refractivity contribution is 0.0691. The number of pyridine rings is 1. The number of fused-ring (bicyclic) bond motifs is 3. The Morgan fingerprint density at radius 3 is 3.12 bits per heavy atom. The number of rotatable bonds is 1. The van der Waals surface area contributed by atoms with Gasteiger partial charge in [0.05, 0.1) is 11.3 Å². The first kappa shape index (κ1) is 10.0. The molecule has 86 valence electrons. The molecule has 2 heterocycles. The molecule has 5 nitrogen and oxygen atoms in total. The van der Waals surface area contributed by atoms with E-state index in [1.54, 1.807) is 6.20 Å². The highest BCUT2D eigenvalue weighted by molar-refractivity contribution is 5.94. The zero-order valence-corrected chi connectivity index (χ0v) is 9.10. The van der Waals surface area contributed by atoms with Crippen LogP contribution in [0.5, 0.6) is 0 Å². The molecule has 0 unspecified atom stereocenters. The number of nitrogens with one attached hydrogen (secondary N) is 1. The molecule has 0 spiro atoms. The molecule has 0 saturated carbocycles. The van der Waals surface area contributed by atoms with E-state index in [9.17, 15) is 4.79 Å². The van der Waals surface area contributed by atoms with Crippen LogP contribution in [0.4, 0.5) is 0 Å². The monoisotopic (exact) mass is 229 g/mol. The third kappa shape index (κ3) is 1.51. The first-order chi connectivity index (χ1) is 8.27. The molecule has 1 aliphatic rings. The van der Waals surface area contributed by atoms with Crippen LogP contribution in [0.25, 0.3) is 11.3 Å². The lowest BCUT2D eigenvalue weighted by atomic mass is 10.0. The van der Waals surface area contributed by atoms with Crippen LogP contribution >= 0.6 is 0 Å². The van der Waals surface area contributed by atoms with Crippen molar-refractivity contribution in [3.63, 3.8) is 0 Å². The fraction of sp³-hybridized carbons (Fsp3) is 0.250. The van der Waals surface area contributed by atoms with E-state index in [0.717, 1.165) is 36.2 Å². The Bertz CT molecular complexity index is 589. The van der Waals surface area contributed by atoms with E-state index in [4.69, 9.17) is 5.11 Å². The minimum atomic E-state index is -1.01. The third-order valence-corrected chi connectivity index (χ3v) is 3.04. The van der Waals surface area contributed by atoms with Crippen LogP contribution < -0.4 is 0 Å². The van der Waals surface area contributed by atoms with Gasteiger partial charge >= 0.3 is 5.97 Å². The van der Waals surface area contributed by atoms with Gasteiger partial charge in [-0.25, -0.2) is 4.79 Å². The summed E-state index contributed by atoms with van der Waals surface area (Å²) in [7, 11) is 0. The second-order valence-electron chi connectivity index (χ2n) is 4.10. The molecule has 2 N–H and O–H groups in total. The summed E-state index contributed by atoms with van der Waals surface area (Å²) in [5.74, 6) is -1.01. The number of H-pyrrole nitrogens is 1. The van der Waals surface area contributed by atoms with Crippen molar-refractivity contribution in [1.82, 2.24) is 15.2 Å². The summed E-state index contributed by atoms with van der Waals surface area (Å²) >= 11 is 0. The van der Waals surface area contributed by atoms with Crippen molar-refractivity contribution in [3.05, 3.63) is 35.3 Å². The van der Waals surface area contributed by atoms with Crippen LogP contribution in [-0.2, 0) is 12.8 Å². The van der Waals surface area contributed by atoms with Gasteiger partial charge in [0.25, 0.3) is 0 Å². The minimum Gasteiger partial charge on any atom is -0.476 e. The van der Waals surface area contributed by atoms with Gasteiger partial charge in [-0.1, -0.05) is 6.07 Å². The van der Waals surface area contributed by atoms with Crippen molar-refractivity contribution >= 4 is 5.97 Å². The number of nitrogens with zero attached hydrogens (tertiary/aromatic N) is 2. The molecular formula is C12H11N3O2. The van der Waals surface area contributed by atoms with E-state index in [0.29, 0.717) is 5.56 Å². The Hall–Kier alpha value is -2.17. The number of hydrogen-bond donors (Lipinski definition) is 2. The van der Waals surface area contributed by atoms with Gasteiger partial charge in [0, 0.05) is 11.9 Å². The van der Waals surface area contributed by atoms with Crippen LogP contribution in [0.15, 0.2) is 18.3 Å². The zero-order chi connectivity index (χ0) is 11.8. The van der Waals surface area contributed by atoms with Gasteiger partial charge in [-0.15, -0.1) is 0 Å². The number of aromatic carboxylic acids is 1. The Labute approximate surface area is 97.5 Å². The number of aryl methyl sites for hydroxylation is 2. The van der Waals surface area contributed by atoms with Crippen molar-refractivity contribution in [1.29, 1.82) is 0 Å². The molecule has 0 saturated heterocycles. The molecular weight excluding hydrogens is 218 g/mol. The molecule has 2 aromatic rings.